The molecule has 2 heterocycles. The molecule has 202 valence electrons. The number of hydrogen-bond acceptors (Lipinski definition) is 5. The third kappa shape index (κ3) is 5.36. The highest BCUT2D eigenvalue weighted by Crippen LogP contribution is 2.28. The first kappa shape index (κ1) is 25.6. The number of aromatic nitrogens is 3. The first-order valence-electron chi connectivity index (χ1n) is 13.8. The summed E-state index contributed by atoms with van der Waals surface area (Å²) in [5.74, 6) is 0.619. The van der Waals surface area contributed by atoms with Crippen molar-refractivity contribution in [3.8, 4) is 33.6 Å². The van der Waals surface area contributed by atoms with Crippen molar-refractivity contribution in [2.45, 2.75) is 6.54 Å². The largest absolute Gasteiger partial charge is 0.311 e. The van der Waals surface area contributed by atoms with E-state index in [-0.39, 0.29) is 0 Å². The molecule has 2 aromatic heterocycles. The van der Waals surface area contributed by atoms with E-state index in [2.05, 4.69) is 88.2 Å². The second kappa shape index (κ2) is 11.6. The van der Waals surface area contributed by atoms with Crippen LogP contribution in [-0.4, -0.2) is 14.5 Å². The average Bonchev–Trinajstić information content (AvgIpc) is 3.46. The zero-order valence-electron chi connectivity index (χ0n) is 22.8. The van der Waals surface area contributed by atoms with Gasteiger partial charge in [0, 0.05) is 10.9 Å². The molecule has 0 atom stereocenters. The lowest BCUT2D eigenvalue weighted by molar-refractivity contribution is 0.773. The highest BCUT2D eigenvalue weighted by atomic mass is 32.1. The highest BCUT2D eigenvalue weighted by Gasteiger charge is 2.13. The van der Waals surface area contributed by atoms with Crippen LogP contribution in [0.15, 0.2) is 150 Å². The van der Waals surface area contributed by atoms with Crippen LogP contribution in [0.25, 0.3) is 44.7 Å². The maximum absolute atomic E-state index is 4.95. The molecule has 7 rings (SSSR count). The van der Waals surface area contributed by atoms with Gasteiger partial charge >= 0.3 is 0 Å². The highest BCUT2D eigenvalue weighted by molar-refractivity contribution is 7.07. The number of benzene rings is 5. The third-order valence-electron chi connectivity index (χ3n) is 7.14. The van der Waals surface area contributed by atoms with Crippen LogP contribution in [0.5, 0.6) is 0 Å². The average molecular weight is 562 g/mol. The summed E-state index contributed by atoms with van der Waals surface area (Å²) in [4.78, 5) is 10.7. The summed E-state index contributed by atoms with van der Waals surface area (Å²) in [5.41, 5.74) is 12.5. The summed E-state index contributed by atoms with van der Waals surface area (Å²) in [6, 6.07) is 47.7. The third-order valence-corrected chi connectivity index (χ3v) is 8.01. The van der Waals surface area contributed by atoms with Crippen LogP contribution in [0.2, 0.25) is 0 Å². The minimum absolute atomic E-state index is 0.619. The molecule has 0 spiro atoms. The number of para-hydroxylation sites is 2. The Bertz CT molecular complexity index is 2010. The zero-order valence-corrected chi connectivity index (χ0v) is 23.6. The Labute approximate surface area is 248 Å². The smallest absolute Gasteiger partial charge is 0.209 e. The molecule has 5 aromatic carbocycles. The van der Waals surface area contributed by atoms with E-state index < -0.39 is 0 Å². The van der Waals surface area contributed by atoms with Crippen molar-refractivity contribution in [2.24, 2.45) is 5.10 Å². The van der Waals surface area contributed by atoms with E-state index in [1.807, 2.05) is 66.7 Å². The van der Waals surface area contributed by atoms with Gasteiger partial charge in [0.05, 0.1) is 23.3 Å². The van der Waals surface area contributed by atoms with Gasteiger partial charge in [-0.05, 0) is 34.4 Å². The monoisotopic (exact) mass is 561 g/mol. The molecular weight excluding hydrogens is 534 g/mol. The van der Waals surface area contributed by atoms with Crippen molar-refractivity contribution in [3.63, 3.8) is 0 Å². The van der Waals surface area contributed by atoms with Gasteiger partial charge in [-0.2, -0.15) is 0 Å². The van der Waals surface area contributed by atoms with Gasteiger partial charge in [0.25, 0.3) is 0 Å². The summed E-state index contributed by atoms with van der Waals surface area (Å²) < 4.78 is 2.25. The van der Waals surface area contributed by atoms with Gasteiger partial charge in [0.1, 0.15) is 5.69 Å². The van der Waals surface area contributed by atoms with E-state index in [4.69, 9.17) is 15.1 Å². The van der Waals surface area contributed by atoms with E-state index in [9.17, 15) is 0 Å². The lowest BCUT2D eigenvalue weighted by Crippen LogP contribution is -2.19. The van der Waals surface area contributed by atoms with Crippen molar-refractivity contribution in [2.75, 3.05) is 5.43 Å². The van der Waals surface area contributed by atoms with Gasteiger partial charge in [0.2, 0.25) is 4.80 Å². The molecule has 0 radical (unpaired) electrons. The number of fused-ring (bicyclic) bond motifs is 1. The fourth-order valence-electron chi connectivity index (χ4n) is 5.01. The Hall–Kier alpha value is -5.33. The standard InChI is InChI=1S/C36H27N5S/c1-4-12-26(13-5-1)24-41-33(29-22-20-28(21-23-29)27-14-6-2-7-15-27)25-42-36(41)40-39-35-34(30-16-8-3-9-17-30)37-31-18-10-11-19-32(31)38-35/h1-23,25H,24H2,(H,38,39)/b40-36-. The van der Waals surface area contributed by atoms with Gasteiger partial charge in [-0.15, -0.1) is 16.4 Å². The number of anilines is 1. The van der Waals surface area contributed by atoms with Crippen LogP contribution in [0.3, 0.4) is 0 Å². The SMILES string of the molecule is c1ccc(Cn2c(-c3ccc(-c4ccccc4)cc3)cs/c2=N\Nc2nc3ccccc3nc2-c2ccccc2)cc1. The Kier molecular flexibility index (Phi) is 7.11. The molecule has 0 aliphatic rings. The molecule has 5 nitrogen and oxygen atoms in total. The van der Waals surface area contributed by atoms with Crippen LogP contribution in [0.1, 0.15) is 5.56 Å². The van der Waals surface area contributed by atoms with Crippen molar-refractivity contribution in [3.05, 3.63) is 155 Å². The number of nitrogens with one attached hydrogen (secondary N) is 1. The molecule has 7 aromatic rings. The zero-order chi connectivity index (χ0) is 28.1. The molecule has 0 unspecified atom stereocenters. The lowest BCUT2D eigenvalue weighted by atomic mass is 10.0. The Morgan fingerprint density at radius 3 is 1.81 bits per heavy atom. The summed E-state index contributed by atoms with van der Waals surface area (Å²) >= 11 is 1.60. The molecule has 0 saturated heterocycles. The molecule has 0 aliphatic carbocycles. The van der Waals surface area contributed by atoms with Crippen molar-refractivity contribution < 1.29 is 0 Å². The van der Waals surface area contributed by atoms with E-state index in [1.54, 1.807) is 11.3 Å². The first-order chi connectivity index (χ1) is 20.8. The van der Waals surface area contributed by atoms with E-state index in [0.717, 1.165) is 38.3 Å². The number of hydrogen-bond donors (Lipinski definition) is 1. The quantitative estimate of drug-likeness (QED) is 0.199. The van der Waals surface area contributed by atoms with E-state index in [1.165, 1.54) is 16.7 Å². The van der Waals surface area contributed by atoms with Gasteiger partial charge in [-0.3, -0.25) is 5.43 Å². The second-order valence-electron chi connectivity index (χ2n) is 9.92. The van der Waals surface area contributed by atoms with Gasteiger partial charge in [-0.25, -0.2) is 9.97 Å². The van der Waals surface area contributed by atoms with E-state index >= 15 is 0 Å². The molecule has 6 heteroatoms. The number of rotatable bonds is 7. The first-order valence-corrected chi connectivity index (χ1v) is 14.7. The minimum atomic E-state index is 0.619. The van der Waals surface area contributed by atoms with Crippen molar-refractivity contribution in [1.82, 2.24) is 14.5 Å². The summed E-state index contributed by atoms with van der Waals surface area (Å²) in [7, 11) is 0. The van der Waals surface area contributed by atoms with Crippen LogP contribution in [-0.2, 0) is 6.54 Å². The Morgan fingerprint density at radius 2 is 1.12 bits per heavy atom. The Morgan fingerprint density at radius 1 is 0.571 bits per heavy atom. The number of thiazole rings is 1. The van der Waals surface area contributed by atoms with Crippen LogP contribution < -0.4 is 10.2 Å². The summed E-state index contributed by atoms with van der Waals surface area (Å²) in [6.45, 7) is 0.690. The lowest BCUT2D eigenvalue weighted by Gasteiger charge is -2.11. The van der Waals surface area contributed by atoms with Crippen molar-refractivity contribution >= 4 is 28.2 Å². The maximum atomic E-state index is 4.95. The summed E-state index contributed by atoms with van der Waals surface area (Å²) in [5, 5.41) is 7.08. The predicted molar refractivity (Wildman–Crippen MR) is 173 cm³/mol. The second-order valence-corrected chi connectivity index (χ2v) is 10.8. The topological polar surface area (TPSA) is 55.1 Å². The fourth-order valence-corrected chi connectivity index (χ4v) is 5.88. The normalized spacial score (nSPS) is 11.6. The van der Waals surface area contributed by atoms with Gasteiger partial charge < -0.3 is 4.57 Å². The Balaban J connectivity index is 1.30. The minimum Gasteiger partial charge on any atom is -0.311 e. The molecule has 0 aliphatic heterocycles. The number of nitrogens with zero attached hydrogens (tertiary/aromatic N) is 4. The van der Waals surface area contributed by atoms with Crippen LogP contribution in [0.4, 0.5) is 5.82 Å². The molecule has 0 amide bonds. The van der Waals surface area contributed by atoms with Crippen molar-refractivity contribution in [1.29, 1.82) is 0 Å². The molecule has 0 saturated carbocycles. The molecule has 0 bridgehead atoms. The molecule has 42 heavy (non-hydrogen) atoms. The van der Waals surface area contributed by atoms with Crippen LogP contribution >= 0.6 is 11.3 Å². The van der Waals surface area contributed by atoms with Gasteiger partial charge in [-0.1, -0.05) is 127 Å². The van der Waals surface area contributed by atoms with Gasteiger partial charge in [0.15, 0.2) is 5.82 Å². The summed E-state index contributed by atoms with van der Waals surface area (Å²) in [6.07, 6.45) is 0. The fraction of sp³-hybridized carbons (Fsp3) is 0.0278. The maximum Gasteiger partial charge on any atom is 0.209 e. The molecule has 0 fully saturated rings. The molecular formula is C36H27N5S. The van der Waals surface area contributed by atoms with Crippen LogP contribution in [0, 0.1) is 0 Å². The molecule has 1 N–H and O–H groups in total. The van der Waals surface area contributed by atoms with E-state index in [0.29, 0.717) is 12.4 Å². The predicted octanol–water partition coefficient (Wildman–Crippen LogP) is 8.47.